The number of ether oxygens (including phenoxy) is 3. The van der Waals surface area contributed by atoms with Gasteiger partial charge in [-0.3, -0.25) is 0 Å². The molecule has 0 bridgehead atoms. The van der Waals surface area contributed by atoms with Crippen LogP contribution < -0.4 is 34.8 Å². The van der Waals surface area contributed by atoms with Crippen molar-refractivity contribution < 1.29 is 57.1 Å². The minimum absolute atomic E-state index is 0. The van der Waals surface area contributed by atoms with E-state index in [1.54, 1.807) is 7.11 Å². The molecule has 27 heavy (non-hydrogen) atoms. The predicted molar refractivity (Wildman–Crippen MR) is 99.7 cm³/mol. The van der Waals surface area contributed by atoms with Crippen molar-refractivity contribution in [3.63, 3.8) is 0 Å². The number of hydroxylamine groups is 1. The SMILES string of the molecule is C.CCCCNOC.C[N+](C)(C)CCCNC(=O)OCC1COC(=O)O1.[I-]. The van der Waals surface area contributed by atoms with Gasteiger partial charge in [-0.25, -0.2) is 15.1 Å². The van der Waals surface area contributed by atoms with Crippen molar-refractivity contribution in [1.29, 1.82) is 0 Å². The Balaban J connectivity index is -0.000000552. The van der Waals surface area contributed by atoms with Gasteiger partial charge in [-0.05, 0) is 6.42 Å². The highest BCUT2D eigenvalue weighted by Gasteiger charge is 2.26. The third-order valence-electron chi connectivity index (χ3n) is 3.10. The zero-order valence-corrected chi connectivity index (χ0v) is 18.7. The minimum atomic E-state index is -0.716. The quantitative estimate of drug-likeness (QED) is 0.128. The van der Waals surface area contributed by atoms with E-state index >= 15 is 0 Å². The van der Waals surface area contributed by atoms with Crippen molar-refractivity contribution >= 4 is 12.2 Å². The van der Waals surface area contributed by atoms with Gasteiger partial charge in [0.15, 0.2) is 6.10 Å². The Hall–Kier alpha value is -0.850. The predicted octanol–water partition coefficient (Wildman–Crippen LogP) is -1.08. The lowest BCUT2D eigenvalue weighted by atomic mass is 10.3. The van der Waals surface area contributed by atoms with Gasteiger partial charge >= 0.3 is 12.2 Å². The van der Waals surface area contributed by atoms with E-state index in [0.29, 0.717) is 6.54 Å². The maximum absolute atomic E-state index is 11.3. The van der Waals surface area contributed by atoms with Crippen LogP contribution in [0.5, 0.6) is 0 Å². The molecule has 1 rings (SSSR count). The number of hydrogen-bond donors (Lipinski definition) is 2. The van der Waals surface area contributed by atoms with E-state index in [1.165, 1.54) is 12.8 Å². The fraction of sp³-hybridized carbons (Fsp3) is 0.882. The van der Waals surface area contributed by atoms with Crippen molar-refractivity contribution in [2.45, 2.75) is 39.7 Å². The van der Waals surface area contributed by atoms with Gasteiger partial charge in [0.1, 0.15) is 13.2 Å². The molecule has 1 atom stereocenters. The van der Waals surface area contributed by atoms with E-state index in [2.05, 4.69) is 48.4 Å². The van der Waals surface area contributed by atoms with Gasteiger partial charge in [-0.1, -0.05) is 20.8 Å². The van der Waals surface area contributed by atoms with Crippen LogP contribution in [0.3, 0.4) is 0 Å². The number of alkyl carbamates (subject to hydrolysis) is 1. The molecule has 0 aromatic heterocycles. The molecule has 0 aromatic rings. The molecule has 9 nitrogen and oxygen atoms in total. The van der Waals surface area contributed by atoms with Crippen molar-refractivity contribution in [3.05, 3.63) is 0 Å². The first-order valence-corrected chi connectivity index (χ1v) is 8.58. The first-order chi connectivity index (χ1) is 11.8. The maximum atomic E-state index is 11.3. The summed E-state index contributed by atoms with van der Waals surface area (Å²) in [5, 5.41) is 2.64. The van der Waals surface area contributed by atoms with Gasteiger partial charge < -0.3 is 52.8 Å². The number of carbonyl (C=O) groups is 2. The monoisotopic (exact) mass is 507 g/mol. The van der Waals surface area contributed by atoms with Crippen LogP contribution in [-0.4, -0.2) is 83.9 Å². The summed E-state index contributed by atoms with van der Waals surface area (Å²) in [5.74, 6) is 0. The molecular weight excluding hydrogens is 469 g/mol. The van der Waals surface area contributed by atoms with Crippen molar-refractivity contribution in [2.24, 2.45) is 0 Å². The molecule has 0 aliphatic carbocycles. The Labute approximate surface area is 181 Å². The molecule has 164 valence electrons. The minimum Gasteiger partial charge on any atom is -1.00 e. The molecule has 1 aliphatic heterocycles. The highest BCUT2D eigenvalue weighted by molar-refractivity contribution is 5.67. The number of halogens is 1. The molecule has 2 N–H and O–H groups in total. The molecule has 1 fully saturated rings. The molecule has 0 spiro atoms. The molecule has 1 aliphatic rings. The molecule has 1 saturated heterocycles. The number of carbonyl (C=O) groups excluding carboxylic acids is 2. The lowest BCUT2D eigenvalue weighted by Crippen LogP contribution is -3.00. The summed E-state index contributed by atoms with van der Waals surface area (Å²) < 4.78 is 15.0. The zero-order valence-electron chi connectivity index (χ0n) is 16.5. The number of rotatable bonds is 10. The second-order valence-electron chi connectivity index (χ2n) is 6.65. The molecule has 0 radical (unpaired) electrons. The average Bonchev–Trinajstić information content (AvgIpc) is 2.95. The van der Waals surface area contributed by atoms with Crippen LogP contribution in [0, 0.1) is 0 Å². The summed E-state index contributed by atoms with van der Waals surface area (Å²) in [5.41, 5.74) is 2.75. The fourth-order valence-electron chi connectivity index (χ4n) is 1.76. The molecule has 1 unspecified atom stereocenters. The number of nitrogens with one attached hydrogen (secondary N) is 2. The summed E-state index contributed by atoms with van der Waals surface area (Å²) in [6.07, 6.45) is 1.57. The third-order valence-corrected chi connectivity index (χ3v) is 3.10. The van der Waals surface area contributed by atoms with Gasteiger partial charge in [0.25, 0.3) is 0 Å². The Bertz CT molecular complexity index is 376. The summed E-state index contributed by atoms with van der Waals surface area (Å²) in [7, 11) is 7.90. The maximum Gasteiger partial charge on any atom is 0.508 e. The number of cyclic esters (lactones) is 2. The van der Waals surface area contributed by atoms with Crippen LogP contribution in [0.15, 0.2) is 0 Å². The van der Waals surface area contributed by atoms with Gasteiger partial charge in [0.05, 0.1) is 34.8 Å². The number of unbranched alkanes of at least 4 members (excludes halogenated alkanes) is 1. The van der Waals surface area contributed by atoms with Crippen LogP contribution in [0.4, 0.5) is 9.59 Å². The fourth-order valence-corrected chi connectivity index (χ4v) is 1.76. The summed E-state index contributed by atoms with van der Waals surface area (Å²) in [6, 6.07) is 0. The van der Waals surface area contributed by atoms with Crippen LogP contribution in [0.1, 0.15) is 33.6 Å². The number of hydrogen-bond acceptors (Lipinski definition) is 7. The van der Waals surface area contributed by atoms with Crippen LogP contribution in [0.2, 0.25) is 0 Å². The molecule has 0 saturated carbocycles. The molecular formula is C17H38IN3O6. The molecule has 10 heteroatoms. The Morgan fingerprint density at radius 1 is 1.26 bits per heavy atom. The Kier molecular flexibility index (Phi) is 21.2. The molecule has 1 heterocycles. The topological polar surface area (TPSA) is 95.1 Å². The standard InChI is InChI=1S/C11H20N2O5.C5H13NO.CH4.HI/c1-13(2,3)6-4-5-12-10(14)16-7-9-8-17-11(15)18-9;1-3-4-5-6-7-2;;/h9H,4-8H2,1-3H3;6H,3-5H2,1-2H3;1H4;1H. The van der Waals surface area contributed by atoms with Crippen molar-refractivity contribution in [1.82, 2.24) is 10.8 Å². The van der Waals surface area contributed by atoms with Crippen LogP contribution in [-0.2, 0) is 19.0 Å². The van der Waals surface area contributed by atoms with E-state index in [0.717, 1.165) is 24.0 Å². The zero-order chi connectivity index (χ0) is 19.1. The van der Waals surface area contributed by atoms with Crippen molar-refractivity contribution in [3.8, 4) is 0 Å². The van der Waals surface area contributed by atoms with Gasteiger partial charge in [0, 0.05) is 19.5 Å². The van der Waals surface area contributed by atoms with E-state index in [1.807, 2.05) is 0 Å². The van der Waals surface area contributed by atoms with Crippen LogP contribution >= 0.6 is 0 Å². The van der Waals surface area contributed by atoms with Gasteiger partial charge in [-0.15, -0.1) is 0 Å². The largest absolute Gasteiger partial charge is 1.00 e. The first-order valence-electron chi connectivity index (χ1n) is 8.58. The summed E-state index contributed by atoms with van der Waals surface area (Å²) >= 11 is 0. The first kappa shape index (κ1) is 30.9. The smallest absolute Gasteiger partial charge is 0.508 e. The third kappa shape index (κ3) is 21.3. The van der Waals surface area contributed by atoms with E-state index in [9.17, 15) is 9.59 Å². The number of amides is 1. The van der Waals surface area contributed by atoms with Gasteiger partial charge in [-0.2, -0.15) is 0 Å². The van der Waals surface area contributed by atoms with Crippen LogP contribution in [0.25, 0.3) is 0 Å². The Morgan fingerprint density at radius 2 is 1.93 bits per heavy atom. The molecule has 1 amide bonds. The van der Waals surface area contributed by atoms with E-state index in [-0.39, 0.29) is 44.6 Å². The normalized spacial score (nSPS) is 15.1. The lowest BCUT2D eigenvalue weighted by molar-refractivity contribution is -0.870. The number of nitrogens with zero attached hydrogens (tertiary/aromatic N) is 1. The highest BCUT2D eigenvalue weighted by atomic mass is 127. The number of quaternary nitrogens is 1. The molecule has 0 aromatic carbocycles. The summed E-state index contributed by atoms with van der Waals surface area (Å²) in [6.45, 7) is 4.80. The van der Waals surface area contributed by atoms with E-state index in [4.69, 9.17) is 9.47 Å². The average molecular weight is 507 g/mol. The highest BCUT2D eigenvalue weighted by Crippen LogP contribution is 2.06. The lowest BCUT2D eigenvalue weighted by Gasteiger charge is -2.23. The Morgan fingerprint density at radius 3 is 2.41 bits per heavy atom. The second-order valence-corrected chi connectivity index (χ2v) is 6.65. The second kappa shape index (κ2) is 18.5. The van der Waals surface area contributed by atoms with Crippen molar-refractivity contribution in [2.75, 3.05) is 61.1 Å². The van der Waals surface area contributed by atoms with E-state index < -0.39 is 18.4 Å². The van der Waals surface area contributed by atoms with Gasteiger partial charge in [0.2, 0.25) is 0 Å². The summed E-state index contributed by atoms with van der Waals surface area (Å²) in [4.78, 5) is 26.5.